The first kappa shape index (κ1) is 10.9. The van der Waals surface area contributed by atoms with Crippen molar-refractivity contribution < 1.29 is 4.79 Å². The van der Waals surface area contributed by atoms with Gasteiger partial charge in [0, 0.05) is 12.6 Å². The van der Waals surface area contributed by atoms with Gasteiger partial charge in [0.05, 0.1) is 6.54 Å². The van der Waals surface area contributed by atoms with Gasteiger partial charge in [-0.3, -0.25) is 4.79 Å². The van der Waals surface area contributed by atoms with Crippen molar-refractivity contribution in [2.45, 2.75) is 45.1 Å². The van der Waals surface area contributed by atoms with Crippen molar-refractivity contribution >= 4 is 5.91 Å². The molecule has 1 aliphatic heterocycles. The minimum atomic E-state index is 0.152. The van der Waals surface area contributed by atoms with Gasteiger partial charge in [0.1, 0.15) is 0 Å². The van der Waals surface area contributed by atoms with Gasteiger partial charge in [0.2, 0.25) is 5.91 Å². The predicted octanol–water partition coefficient (Wildman–Crippen LogP) is 1.37. The number of amides is 1. The highest BCUT2D eigenvalue weighted by Gasteiger charge is 2.38. The van der Waals surface area contributed by atoms with Gasteiger partial charge in [-0.2, -0.15) is 0 Å². The molecule has 15 heavy (non-hydrogen) atoms. The molecule has 1 heterocycles. The Kier molecular flexibility index (Phi) is 3.29. The van der Waals surface area contributed by atoms with Crippen LogP contribution in [0.5, 0.6) is 0 Å². The topological polar surface area (TPSA) is 46.3 Å². The van der Waals surface area contributed by atoms with Crippen molar-refractivity contribution in [1.82, 2.24) is 4.90 Å². The third kappa shape index (κ3) is 2.03. The maximum absolute atomic E-state index is 11.7. The molecule has 86 valence electrons. The van der Waals surface area contributed by atoms with Crippen LogP contribution in [0.2, 0.25) is 0 Å². The number of carbonyl (C=O) groups is 1. The van der Waals surface area contributed by atoms with Crippen LogP contribution in [0, 0.1) is 11.8 Å². The van der Waals surface area contributed by atoms with E-state index in [1.54, 1.807) is 0 Å². The Morgan fingerprint density at radius 3 is 2.80 bits per heavy atom. The molecule has 0 spiro atoms. The van der Waals surface area contributed by atoms with E-state index in [-0.39, 0.29) is 12.5 Å². The quantitative estimate of drug-likeness (QED) is 0.710. The molecule has 1 amide bonds. The van der Waals surface area contributed by atoms with Gasteiger partial charge < -0.3 is 10.6 Å². The van der Waals surface area contributed by atoms with Crippen LogP contribution in [0.15, 0.2) is 0 Å². The molecule has 2 fully saturated rings. The zero-order valence-corrected chi connectivity index (χ0v) is 9.61. The van der Waals surface area contributed by atoms with Crippen molar-refractivity contribution in [2.24, 2.45) is 17.6 Å². The second-order valence-corrected chi connectivity index (χ2v) is 5.07. The molecular weight excluding hydrogens is 188 g/mol. The van der Waals surface area contributed by atoms with Crippen molar-refractivity contribution in [3.63, 3.8) is 0 Å². The molecule has 0 aromatic rings. The molecule has 3 heteroatoms. The fraction of sp³-hybridized carbons (Fsp3) is 0.917. The average Bonchev–Trinajstić information content (AvgIpc) is 2.29. The largest absolute Gasteiger partial charge is 0.338 e. The molecule has 2 aliphatic rings. The summed E-state index contributed by atoms with van der Waals surface area (Å²) >= 11 is 0. The Morgan fingerprint density at radius 2 is 2.07 bits per heavy atom. The van der Waals surface area contributed by atoms with Gasteiger partial charge in [-0.05, 0) is 31.1 Å². The summed E-state index contributed by atoms with van der Waals surface area (Å²) in [5, 5.41) is 0. The number of hydrogen-bond donors (Lipinski definition) is 1. The Balaban J connectivity index is 2.10. The molecule has 1 saturated heterocycles. The van der Waals surface area contributed by atoms with Crippen LogP contribution < -0.4 is 5.73 Å². The van der Waals surface area contributed by atoms with Crippen molar-refractivity contribution in [1.29, 1.82) is 0 Å². The lowest BCUT2D eigenvalue weighted by Crippen LogP contribution is -2.53. The first-order chi connectivity index (χ1) is 7.24. The first-order valence-electron chi connectivity index (χ1n) is 6.23. The lowest BCUT2D eigenvalue weighted by atomic mass is 9.72. The highest BCUT2D eigenvalue weighted by Crippen LogP contribution is 2.38. The second kappa shape index (κ2) is 4.52. The van der Waals surface area contributed by atoms with E-state index in [2.05, 4.69) is 11.8 Å². The maximum atomic E-state index is 11.7. The third-order valence-electron chi connectivity index (χ3n) is 4.23. The zero-order chi connectivity index (χ0) is 10.8. The molecule has 0 aromatic carbocycles. The highest BCUT2D eigenvalue weighted by atomic mass is 16.2. The monoisotopic (exact) mass is 210 g/mol. The van der Waals surface area contributed by atoms with E-state index in [0.29, 0.717) is 6.04 Å². The number of hydrogen-bond acceptors (Lipinski definition) is 2. The number of carbonyl (C=O) groups excluding carboxylic acids is 1. The molecule has 0 bridgehead atoms. The van der Waals surface area contributed by atoms with E-state index in [1.807, 2.05) is 0 Å². The molecule has 1 saturated carbocycles. The lowest BCUT2D eigenvalue weighted by Gasteiger charge is -2.47. The van der Waals surface area contributed by atoms with Gasteiger partial charge in [-0.15, -0.1) is 0 Å². The van der Waals surface area contributed by atoms with Gasteiger partial charge in [-0.1, -0.05) is 19.8 Å². The van der Waals surface area contributed by atoms with E-state index in [1.165, 1.54) is 25.7 Å². The van der Waals surface area contributed by atoms with E-state index < -0.39 is 0 Å². The van der Waals surface area contributed by atoms with Crippen molar-refractivity contribution in [3.8, 4) is 0 Å². The van der Waals surface area contributed by atoms with Gasteiger partial charge in [-0.25, -0.2) is 0 Å². The standard InChI is InChI=1S/C12H22N2O/c1-9-6-7-14(12(15)8-13)11-5-3-2-4-10(9)11/h9-11H,2-8,13H2,1H3. The molecule has 1 aliphatic carbocycles. The fourth-order valence-electron chi connectivity index (χ4n) is 3.34. The maximum Gasteiger partial charge on any atom is 0.236 e. The first-order valence-corrected chi connectivity index (χ1v) is 6.23. The summed E-state index contributed by atoms with van der Waals surface area (Å²) < 4.78 is 0. The third-order valence-corrected chi connectivity index (χ3v) is 4.23. The summed E-state index contributed by atoms with van der Waals surface area (Å²) in [7, 11) is 0. The Hall–Kier alpha value is -0.570. The van der Waals surface area contributed by atoms with Gasteiger partial charge in [0.25, 0.3) is 0 Å². The molecule has 0 radical (unpaired) electrons. The minimum absolute atomic E-state index is 0.152. The SMILES string of the molecule is CC1CCN(C(=O)CN)C2CCCCC12. The molecule has 2 N–H and O–H groups in total. The molecule has 3 unspecified atom stereocenters. The zero-order valence-electron chi connectivity index (χ0n) is 9.61. The summed E-state index contributed by atoms with van der Waals surface area (Å²) in [6.45, 7) is 3.45. The van der Waals surface area contributed by atoms with Crippen molar-refractivity contribution in [2.75, 3.05) is 13.1 Å². The van der Waals surface area contributed by atoms with Gasteiger partial charge in [0.15, 0.2) is 0 Å². The van der Waals surface area contributed by atoms with Crippen LogP contribution in [0.3, 0.4) is 0 Å². The molecule has 3 atom stereocenters. The van der Waals surface area contributed by atoms with Crippen LogP contribution in [0.1, 0.15) is 39.0 Å². The van der Waals surface area contributed by atoms with Gasteiger partial charge >= 0.3 is 0 Å². The summed E-state index contributed by atoms with van der Waals surface area (Å²) in [4.78, 5) is 13.8. The summed E-state index contributed by atoms with van der Waals surface area (Å²) in [5.41, 5.74) is 5.47. The van der Waals surface area contributed by atoms with Crippen LogP contribution in [0.25, 0.3) is 0 Å². The minimum Gasteiger partial charge on any atom is -0.338 e. The van der Waals surface area contributed by atoms with E-state index in [0.717, 1.165) is 24.8 Å². The fourth-order valence-corrected chi connectivity index (χ4v) is 3.34. The Labute approximate surface area is 92.0 Å². The normalized spacial score (nSPS) is 36.1. The number of likely N-dealkylation sites (tertiary alicyclic amines) is 1. The number of piperidine rings is 1. The average molecular weight is 210 g/mol. The summed E-state index contributed by atoms with van der Waals surface area (Å²) in [5.74, 6) is 1.68. The van der Waals surface area contributed by atoms with Crippen LogP contribution in [-0.4, -0.2) is 29.9 Å². The lowest BCUT2D eigenvalue weighted by molar-refractivity contribution is -0.137. The summed E-state index contributed by atoms with van der Waals surface area (Å²) in [6, 6.07) is 0.499. The van der Waals surface area contributed by atoms with Crippen LogP contribution >= 0.6 is 0 Å². The number of rotatable bonds is 1. The van der Waals surface area contributed by atoms with E-state index >= 15 is 0 Å². The van der Waals surface area contributed by atoms with E-state index in [4.69, 9.17) is 5.73 Å². The molecular formula is C12H22N2O. The Morgan fingerprint density at radius 1 is 1.33 bits per heavy atom. The second-order valence-electron chi connectivity index (χ2n) is 5.07. The van der Waals surface area contributed by atoms with E-state index in [9.17, 15) is 4.79 Å². The smallest absolute Gasteiger partial charge is 0.236 e. The number of fused-ring (bicyclic) bond motifs is 1. The number of nitrogens with zero attached hydrogens (tertiary/aromatic N) is 1. The van der Waals surface area contributed by atoms with Crippen molar-refractivity contribution in [3.05, 3.63) is 0 Å². The molecule has 3 nitrogen and oxygen atoms in total. The predicted molar refractivity (Wildman–Crippen MR) is 60.3 cm³/mol. The number of nitrogens with two attached hydrogens (primary N) is 1. The molecule has 0 aromatic heterocycles. The van der Waals surface area contributed by atoms with Crippen LogP contribution in [0.4, 0.5) is 0 Å². The Bertz CT molecular complexity index is 242. The molecule has 2 rings (SSSR count). The highest BCUT2D eigenvalue weighted by molar-refractivity contribution is 5.78. The summed E-state index contributed by atoms with van der Waals surface area (Å²) in [6.07, 6.45) is 6.28. The van der Waals surface area contributed by atoms with Crippen LogP contribution in [-0.2, 0) is 4.79 Å².